The molecule has 0 radical (unpaired) electrons. The van der Waals surface area contributed by atoms with Crippen molar-refractivity contribution in [2.24, 2.45) is 0 Å². The first-order valence-corrected chi connectivity index (χ1v) is 6.94. The van der Waals surface area contributed by atoms with Gasteiger partial charge in [0.25, 0.3) is 0 Å². The maximum Gasteiger partial charge on any atom is 0.186 e. The Kier molecular flexibility index (Phi) is 4.37. The molecular formula is C16H14OS. The van der Waals surface area contributed by atoms with Crippen LogP contribution in [0.15, 0.2) is 65.6 Å². The Morgan fingerprint density at radius 2 is 1.67 bits per heavy atom. The number of ketones is 1. The molecule has 0 aliphatic heterocycles. The maximum absolute atomic E-state index is 12.1. The highest BCUT2D eigenvalue weighted by atomic mass is 32.2. The summed E-state index contributed by atoms with van der Waals surface area (Å²) in [4.78, 5) is 13.1. The first kappa shape index (κ1) is 12.7. The minimum Gasteiger partial charge on any atom is -0.289 e. The SMILES string of the molecule is CSc1ccccc1C(=O)/C=C/c1ccccc1. The summed E-state index contributed by atoms with van der Waals surface area (Å²) in [7, 11) is 0. The highest BCUT2D eigenvalue weighted by Crippen LogP contribution is 2.20. The Balaban J connectivity index is 2.20. The van der Waals surface area contributed by atoms with E-state index in [1.165, 1.54) is 0 Å². The minimum atomic E-state index is 0.0452. The predicted octanol–water partition coefficient (Wildman–Crippen LogP) is 4.30. The van der Waals surface area contributed by atoms with Crippen molar-refractivity contribution in [3.8, 4) is 0 Å². The molecule has 0 aliphatic carbocycles. The number of carbonyl (C=O) groups excluding carboxylic acids is 1. The van der Waals surface area contributed by atoms with Gasteiger partial charge < -0.3 is 0 Å². The molecule has 2 aromatic carbocycles. The van der Waals surface area contributed by atoms with E-state index >= 15 is 0 Å². The number of benzene rings is 2. The van der Waals surface area contributed by atoms with Gasteiger partial charge in [-0.25, -0.2) is 0 Å². The van der Waals surface area contributed by atoms with Crippen LogP contribution in [0.4, 0.5) is 0 Å². The third-order valence-electron chi connectivity index (χ3n) is 2.60. The van der Waals surface area contributed by atoms with E-state index in [9.17, 15) is 4.79 Å². The number of thioether (sulfide) groups is 1. The van der Waals surface area contributed by atoms with Crippen molar-refractivity contribution in [1.82, 2.24) is 0 Å². The summed E-state index contributed by atoms with van der Waals surface area (Å²) in [6.45, 7) is 0. The Morgan fingerprint density at radius 3 is 2.39 bits per heavy atom. The van der Waals surface area contributed by atoms with E-state index in [0.29, 0.717) is 0 Å². The first-order valence-electron chi connectivity index (χ1n) is 5.72. The molecule has 0 atom stereocenters. The second-order valence-electron chi connectivity index (χ2n) is 3.81. The van der Waals surface area contributed by atoms with E-state index in [2.05, 4.69) is 0 Å². The standard InChI is InChI=1S/C16H14OS/c1-18-16-10-6-5-9-14(16)15(17)12-11-13-7-3-2-4-8-13/h2-12H,1H3/b12-11+. The number of hydrogen-bond donors (Lipinski definition) is 0. The number of carbonyl (C=O) groups is 1. The van der Waals surface area contributed by atoms with Crippen LogP contribution in [-0.4, -0.2) is 12.0 Å². The second kappa shape index (κ2) is 6.22. The van der Waals surface area contributed by atoms with Crippen molar-refractivity contribution in [2.45, 2.75) is 4.90 Å². The Bertz CT molecular complexity index is 558. The van der Waals surface area contributed by atoms with E-state index in [-0.39, 0.29) is 5.78 Å². The predicted molar refractivity (Wildman–Crippen MR) is 78.0 cm³/mol. The smallest absolute Gasteiger partial charge is 0.186 e. The molecule has 0 fully saturated rings. The van der Waals surface area contributed by atoms with Gasteiger partial charge in [0.15, 0.2) is 5.78 Å². The molecule has 0 heterocycles. The molecule has 1 nitrogen and oxygen atoms in total. The monoisotopic (exact) mass is 254 g/mol. The average Bonchev–Trinajstić information content (AvgIpc) is 2.45. The van der Waals surface area contributed by atoms with E-state index in [4.69, 9.17) is 0 Å². The molecule has 0 amide bonds. The molecule has 0 aromatic heterocycles. The molecule has 2 rings (SSSR count). The molecule has 0 unspecified atom stereocenters. The zero-order chi connectivity index (χ0) is 12.8. The highest BCUT2D eigenvalue weighted by Gasteiger charge is 2.06. The Labute approximate surface area is 112 Å². The van der Waals surface area contributed by atoms with Crippen molar-refractivity contribution >= 4 is 23.6 Å². The Hall–Kier alpha value is -1.80. The molecule has 2 heteroatoms. The fraction of sp³-hybridized carbons (Fsp3) is 0.0625. The lowest BCUT2D eigenvalue weighted by Gasteiger charge is -2.02. The molecule has 0 N–H and O–H groups in total. The van der Waals surface area contributed by atoms with Gasteiger partial charge in [-0.3, -0.25) is 4.79 Å². The lowest BCUT2D eigenvalue weighted by molar-refractivity contribution is 0.104. The van der Waals surface area contributed by atoms with Crippen LogP contribution in [0.2, 0.25) is 0 Å². The van der Waals surface area contributed by atoms with Gasteiger partial charge in [0, 0.05) is 10.5 Å². The largest absolute Gasteiger partial charge is 0.289 e. The van der Waals surface area contributed by atoms with Gasteiger partial charge in [0.2, 0.25) is 0 Å². The lowest BCUT2D eigenvalue weighted by Crippen LogP contribution is -1.96. The molecule has 18 heavy (non-hydrogen) atoms. The number of hydrogen-bond acceptors (Lipinski definition) is 2. The third-order valence-corrected chi connectivity index (χ3v) is 3.39. The third kappa shape index (κ3) is 3.11. The molecular weight excluding hydrogens is 240 g/mol. The van der Waals surface area contributed by atoms with Crippen LogP contribution in [0.25, 0.3) is 6.08 Å². The fourth-order valence-electron chi connectivity index (χ4n) is 1.67. The van der Waals surface area contributed by atoms with E-state index in [1.807, 2.05) is 66.9 Å². The summed E-state index contributed by atoms with van der Waals surface area (Å²) < 4.78 is 0. The Morgan fingerprint density at radius 1 is 1.00 bits per heavy atom. The van der Waals surface area contributed by atoms with Crippen LogP contribution < -0.4 is 0 Å². The fourth-order valence-corrected chi connectivity index (χ4v) is 2.28. The lowest BCUT2D eigenvalue weighted by atomic mass is 10.1. The summed E-state index contributed by atoms with van der Waals surface area (Å²) in [6, 6.07) is 17.5. The molecule has 0 bridgehead atoms. The molecule has 0 saturated heterocycles. The normalized spacial score (nSPS) is 10.7. The topological polar surface area (TPSA) is 17.1 Å². The van der Waals surface area contributed by atoms with Crippen LogP contribution in [-0.2, 0) is 0 Å². The highest BCUT2D eigenvalue weighted by molar-refractivity contribution is 7.98. The van der Waals surface area contributed by atoms with Gasteiger partial charge in [-0.15, -0.1) is 11.8 Å². The zero-order valence-corrected chi connectivity index (χ0v) is 11.0. The number of rotatable bonds is 4. The van der Waals surface area contributed by atoms with Crippen LogP contribution in [0.1, 0.15) is 15.9 Å². The summed E-state index contributed by atoms with van der Waals surface area (Å²) in [5, 5.41) is 0. The van der Waals surface area contributed by atoms with Crippen molar-refractivity contribution in [1.29, 1.82) is 0 Å². The summed E-state index contributed by atoms with van der Waals surface area (Å²) in [6.07, 6.45) is 5.46. The van der Waals surface area contributed by atoms with Gasteiger partial charge in [-0.1, -0.05) is 48.5 Å². The van der Waals surface area contributed by atoms with Crippen LogP contribution in [0.5, 0.6) is 0 Å². The summed E-state index contributed by atoms with van der Waals surface area (Å²) >= 11 is 1.59. The van der Waals surface area contributed by atoms with E-state index in [0.717, 1.165) is 16.0 Å². The molecule has 0 spiro atoms. The first-order chi connectivity index (χ1) is 8.81. The summed E-state index contributed by atoms with van der Waals surface area (Å²) in [5.41, 5.74) is 1.80. The van der Waals surface area contributed by atoms with Gasteiger partial charge in [0.1, 0.15) is 0 Å². The molecule has 2 aromatic rings. The maximum atomic E-state index is 12.1. The minimum absolute atomic E-state index is 0.0452. The van der Waals surface area contributed by atoms with Gasteiger partial charge in [-0.05, 0) is 30.0 Å². The van der Waals surface area contributed by atoms with Crippen molar-refractivity contribution in [2.75, 3.05) is 6.26 Å². The van der Waals surface area contributed by atoms with E-state index in [1.54, 1.807) is 17.8 Å². The van der Waals surface area contributed by atoms with Crippen molar-refractivity contribution in [3.05, 3.63) is 71.8 Å². The molecule has 0 saturated carbocycles. The molecule has 90 valence electrons. The van der Waals surface area contributed by atoms with Crippen LogP contribution in [0.3, 0.4) is 0 Å². The van der Waals surface area contributed by atoms with Crippen LogP contribution >= 0.6 is 11.8 Å². The van der Waals surface area contributed by atoms with Gasteiger partial charge in [-0.2, -0.15) is 0 Å². The van der Waals surface area contributed by atoms with E-state index < -0.39 is 0 Å². The molecule has 0 aliphatic rings. The van der Waals surface area contributed by atoms with Crippen LogP contribution in [0, 0.1) is 0 Å². The zero-order valence-electron chi connectivity index (χ0n) is 10.2. The average molecular weight is 254 g/mol. The van der Waals surface area contributed by atoms with Gasteiger partial charge >= 0.3 is 0 Å². The van der Waals surface area contributed by atoms with Crippen molar-refractivity contribution in [3.63, 3.8) is 0 Å². The quantitative estimate of drug-likeness (QED) is 0.459. The number of allylic oxidation sites excluding steroid dienone is 1. The summed E-state index contributed by atoms with van der Waals surface area (Å²) in [5.74, 6) is 0.0452. The van der Waals surface area contributed by atoms with Gasteiger partial charge in [0.05, 0.1) is 0 Å². The van der Waals surface area contributed by atoms with Crippen molar-refractivity contribution < 1.29 is 4.79 Å². The second-order valence-corrected chi connectivity index (χ2v) is 4.66.